The van der Waals surface area contributed by atoms with Crippen LogP contribution in [0.3, 0.4) is 0 Å². The molecule has 0 saturated carbocycles. The first kappa shape index (κ1) is 23.4. The minimum Gasteiger partial charge on any atom is -0.463 e. The monoisotopic (exact) mass is 373 g/mol. The van der Waals surface area contributed by atoms with Crippen LogP contribution in [0.4, 0.5) is 13.2 Å². The number of rotatable bonds is 8. The lowest BCUT2D eigenvalue weighted by molar-refractivity contribution is -0.181. The second-order valence-corrected chi connectivity index (χ2v) is 9.58. The summed E-state index contributed by atoms with van der Waals surface area (Å²) in [6, 6.07) is -2.21. The summed E-state index contributed by atoms with van der Waals surface area (Å²) in [6.07, 6.45) is -4.77. The Morgan fingerprint density at radius 3 is 1.92 bits per heavy atom. The van der Waals surface area contributed by atoms with Crippen LogP contribution in [0.2, 0.25) is 0 Å². The lowest BCUT2D eigenvalue weighted by Gasteiger charge is -2.31. The molecule has 0 heterocycles. The fraction of sp³-hybridized carbons (Fsp3) is 0.938. The van der Waals surface area contributed by atoms with Crippen LogP contribution in [0.15, 0.2) is 0 Å². The lowest BCUT2D eigenvalue weighted by Crippen LogP contribution is -2.54. The zero-order chi connectivity index (χ0) is 19.3. The fourth-order valence-electron chi connectivity index (χ4n) is 1.92. The highest BCUT2D eigenvalue weighted by Crippen LogP contribution is 2.31. The molecule has 0 rings (SSSR count). The summed E-state index contributed by atoms with van der Waals surface area (Å²) in [5.74, 6) is -2.20. The van der Waals surface area contributed by atoms with Gasteiger partial charge in [-0.05, 0) is 47.0 Å². The predicted octanol–water partition coefficient (Wildman–Crippen LogP) is 3.97. The van der Waals surface area contributed by atoms with Crippen LogP contribution in [-0.4, -0.2) is 33.2 Å². The van der Waals surface area contributed by atoms with Crippen LogP contribution in [-0.2, 0) is 20.5 Å². The molecule has 24 heavy (non-hydrogen) atoms. The Labute approximate surface area is 145 Å². The number of nitrogens with one attached hydrogen (secondary N) is 1. The molecule has 8 heteroatoms. The first-order valence-electron chi connectivity index (χ1n) is 8.11. The second-order valence-electron chi connectivity index (χ2n) is 7.58. The number of esters is 1. The average molecular weight is 373 g/mol. The van der Waals surface area contributed by atoms with E-state index in [0.29, 0.717) is 6.42 Å². The van der Waals surface area contributed by atoms with Gasteiger partial charge in [-0.2, -0.15) is 13.2 Å². The highest BCUT2D eigenvalue weighted by atomic mass is 32.2. The highest BCUT2D eigenvalue weighted by molar-refractivity contribution is 7.84. The molecule has 0 bridgehead atoms. The van der Waals surface area contributed by atoms with Crippen LogP contribution in [0.1, 0.15) is 61.3 Å². The quantitative estimate of drug-likeness (QED) is 0.655. The summed E-state index contributed by atoms with van der Waals surface area (Å²) in [5.41, 5.74) is 0. The largest absolute Gasteiger partial charge is 0.463 e. The number of ether oxygens (including phenoxy) is 1. The third kappa shape index (κ3) is 8.46. The summed E-state index contributed by atoms with van der Waals surface area (Å²) in [5, 5.41) is 0. The van der Waals surface area contributed by atoms with Crippen molar-refractivity contribution in [3.05, 3.63) is 0 Å². The molecule has 0 aliphatic heterocycles. The molecule has 0 aliphatic rings. The van der Waals surface area contributed by atoms with Gasteiger partial charge >= 0.3 is 12.1 Å². The van der Waals surface area contributed by atoms with Crippen LogP contribution in [0.5, 0.6) is 0 Å². The van der Waals surface area contributed by atoms with Crippen LogP contribution < -0.4 is 4.72 Å². The number of carbonyl (C=O) groups is 1. The van der Waals surface area contributed by atoms with E-state index in [0.717, 1.165) is 0 Å². The Morgan fingerprint density at radius 2 is 1.58 bits per heavy atom. The normalized spacial score (nSPS) is 17.0. The van der Waals surface area contributed by atoms with Crippen LogP contribution >= 0.6 is 0 Å². The lowest BCUT2D eigenvalue weighted by atomic mass is 9.91. The van der Waals surface area contributed by atoms with Crippen molar-refractivity contribution in [2.45, 2.75) is 84.4 Å². The molecule has 0 unspecified atom stereocenters. The zero-order valence-electron chi connectivity index (χ0n) is 15.5. The van der Waals surface area contributed by atoms with E-state index in [1.54, 1.807) is 34.6 Å². The second kappa shape index (κ2) is 9.17. The Kier molecular flexibility index (Phi) is 8.93. The van der Waals surface area contributed by atoms with Crippen LogP contribution in [0.25, 0.3) is 0 Å². The van der Waals surface area contributed by atoms with Crippen molar-refractivity contribution in [1.29, 1.82) is 0 Å². The molecule has 0 aliphatic carbocycles. The first-order valence-corrected chi connectivity index (χ1v) is 9.26. The van der Waals surface area contributed by atoms with Gasteiger partial charge in [-0.3, -0.25) is 4.79 Å². The first-order chi connectivity index (χ1) is 10.7. The van der Waals surface area contributed by atoms with Gasteiger partial charge in [-0.25, -0.2) is 8.93 Å². The highest BCUT2D eigenvalue weighted by Gasteiger charge is 2.49. The Balaban J connectivity index is 5.55. The Morgan fingerprint density at radius 1 is 1.08 bits per heavy atom. The molecule has 0 saturated heterocycles. The molecule has 0 amide bonds. The van der Waals surface area contributed by atoms with Crippen molar-refractivity contribution in [3.8, 4) is 0 Å². The van der Waals surface area contributed by atoms with E-state index in [2.05, 4.69) is 4.72 Å². The minimum atomic E-state index is -4.71. The maximum absolute atomic E-state index is 13.5. The average Bonchev–Trinajstić information content (AvgIpc) is 2.33. The van der Waals surface area contributed by atoms with Crippen molar-refractivity contribution in [2.75, 3.05) is 0 Å². The molecule has 1 N–H and O–H groups in total. The van der Waals surface area contributed by atoms with Crippen molar-refractivity contribution >= 4 is 17.0 Å². The van der Waals surface area contributed by atoms with Gasteiger partial charge in [0.15, 0.2) is 0 Å². The van der Waals surface area contributed by atoms with Gasteiger partial charge in [0, 0.05) is 0 Å². The van der Waals surface area contributed by atoms with Gasteiger partial charge in [0.05, 0.1) is 27.8 Å². The SMILES string of the molecule is CC(C)CC[C@H](C(=O)OC(C)C)[C@H](N[S@@](=O)C(C)(C)C)C(F)(F)F. The molecule has 0 aromatic carbocycles. The van der Waals surface area contributed by atoms with E-state index in [4.69, 9.17) is 4.74 Å². The number of hydrogen-bond donors (Lipinski definition) is 1. The number of alkyl halides is 3. The van der Waals surface area contributed by atoms with Crippen molar-refractivity contribution in [3.63, 3.8) is 0 Å². The number of carbonyl (C=O) groups excluding carboxylic acids is 1. The fourth-order valence-corrected chi connectivity index (χ4v) is 2.80. The Hall–Kier alpha value is -0.630. The van der Waals surface area contributed by atoms with Gasteiger partial charge in [-0.1, -0.05) is 20.3 Å². The van der Waals surface area contributed by atoms with Gasteiger partial charge in [0.2, 0.25) is 0 Å². The van der Waals surface area contributed by atoms with Crippen LogP contribution in [0, 0.1) is 11.8 Å². The van der Waals surface area contributed by atoms with E-state index >= 15 is 0 Å². The van der Waals surface area contributed by atoms with E-state index in [1.165, 1.54) is 0 Å². The molecule has 0 radical (unpaired) electrons. The molecule has 144 valence electrons. The minimum absolute atomic E-state index is 0.0156. The number of hydrogen-bond acceptors (Lipinski definition) is 3. The maximum atomic E-state index is 13.5. The molecule has 0 aromatic rings. The summed E-state index contributed by atoms with van der Waals surface area (Å²) in [6.45, 7) is 11.6. The molecule has 0 aromatic heterocycles. The van der Waals surface area contributed by atoms with Crippen molar-refractivity contribution in [2.24, 2.45) is 11.8 Å². The van der Waals surface area contributed by atoms with E-state index in [-0.39, 0.29) is 12.3 Å². The standard InChI is InChI=1S/C16H30F3NO3S/c1-10(2)8-9-12(14(21)23-11(3)4)13(16(17,18)19)20-24(22)15(5,6)7/h10-13,20H,8-9H2,1-7H3/t12-,13-,24-/m0/s1. The third-order valence-corrected chi connectivity index (χ3v) is 4.84. The molecule has 0 fully saturated rings. The smallest absolute Gasteiger partial charge is 0.405 e. The summed E-state index contributed by atoms with van der Waals surface area (Å²) in [4.78, 5) is 12.2. The molecular weight excluding hydrogens is 343 g/mol. The molecular formula is C16H30F3NO3S. The molecule has 0 spiro atoms. The van der Waals surface area contributed by atoms with E-state index in [1.807, 2.05) is 13.8 Å². The Bertz CT molecular complexity index is 431. The zero-order valence-corrected chi connectivity index (χ0v) is 16.3. The van der Waals surface area contributed by atoms with Gasteiger partial charge in [0.1, 0.15) is 6.04 Å². The summed E-state index contributed by atoms with van der Waals surface area (Å²) in [7, 11) is -1.96. The van der Waals surface area contributed by atoms with Gasteiger partial charge < -0.3 is 4.74 Å². The number of halogens is 3. The topological polar surface area (TPSA) is 55.4 Å². The summed E-state index contributed by atoms with van der Waals surface area (Å²) < 4.78 is 59.0. The maximum Gasteiger partial charge on any atom is 0.405 e. The van der Waals surface area contributed by atoms with E-state index < -0.39 is 45.9 Å². The third-order valence-electron chi connectivity index (χ3n) is 3.25. The molecule has 3 atom stereocenters. The molecule has 4 nitrogen and oxygen atoms in total. The summed E-state index contributed by atoms with van der Waals surface area (Å²) >= 11 is 0. The van der Waals surface area contributed by atoms with Crippen molar-refractivity contribution in [1.82, 2.24) is 4.72 Å². The van der Waals surface area contributed by atoms with Gasteiger partial charge in [0.25, 0.3) is 0 Å². The van der Waals surface area contributed by atoms with Gasteiger partial charge in [-0.15, -0.1) is 0 Å². The predicted molar refractivity (Wildman–Crippen MR) is 89.7 cm³/mol. The van der Waals surface area contributed by atoms with E-state index in [9.17, 15) is 22.2 Å². The van der Waals surface area contributed by atoms with Crippen molar-refractivity contribution < 1.29 is 26.9 Å².